The molecule has 1 fully saturated rings. The molecule has 19 heavy (non-hydrogen) atoms. The molecule has 1 heterocycles. The Morgan fingerprint density at radius 1 is 0.842 bits per heavy atom. The van der Waals surface area contributed by atoms with Crippen molar-refractivity contribution in [2.45, 2.75) is 32.0 Å². The van der Waals surface area contributed by atoms with E-state index in [1.165, 1.54) is 6.42 Å². The molecule has 1 aliphatic heterocycles. The maximum Gasteiger partial charge on any atom is 0.154 e. The molecule has 5 heteroatoms. The minimum absolute atomic E-state index is 0.583. The molecule has 0 aromatic rings. The van der Waals surface area contributed by atoms with Crippen LogP contribution in [0.2, 0.25) is 0 Å². The molecule has 1 rings (SSSR count). The summed E-state index contributed by atoms with van der Waals surface area (Å²) >= 11 is 0. The highest BCUT2D eigenvalue weighted by Crippen LogP contribution is 2.04. The lowest BCUT2D eigenvalue weighted by atomic mass is 10.3. The van der Waals surface area contributed by atoms with Crippen molar-refractivity contribution < 1.29 is 4.39 Å². The van der Waals surface area contributed by atoms with E-state index in [9.17, 15) is 4.39 Å². The van der Waals surface area contributed by atoms with E-state index in [0.29, 0.717) is 6.42 Å². The fourth-order valence-corrected chi connectivity index (χ4v) is 2.35. The van der Waals surface area contributed by atoms with Gasteiger partial charge in [0.25, 0.3) is 0 Å². The summed E-state index contributed by atoms with van der Waals surface area (Å²) in [5, 5.41) is 6.76. The van der Waals surface area contributed by atoms with Gasteiger partial charge in [0.15, 0.2) is 6.30 Å². The smallest absolute Gasteiger partial charge is 0.154 e. The van der Waals surface area contributed by atoms with Crippen LogP contribution in [-0.4, -0.2) is 76.0 Å². The Labute approximate surface area is 117 Å². The van der Waals surface area contributed by atoms with Gasteiger partial charge in [-0.2, -0.15) is 0 Å². The van der Waals surface area contributed by atoms with E-state index < -0.39 is 6.30 Å². The number of hydrogen-bond donors (Lipinski definition) is 2. The minimum atomic E-state index is -0.816. The molecule has 1 saturated heterocycles. The third kappa shape index (κ3) is 8.52. The van der Waals surface area contributed by atoms with Crippen molar-refractivity contribution in [3.05, 3.63) is 0 Å². The summed E-state index contributed by atoms with van der Waals surface area (Å²) in [7, 11) is 4.04. The molecule has 114 valence electrons. The van der Waals surface area contributed by atoms with Gasteiger partial charge in [0.1, 0.15) is 0 Å². The van der Waals surface area contributed by atoms with Gasteiger partial charge in [-0.15, -0.1) is 0 Å². The van der Waals surface area contributed by atoms with Crippen molar-refractivity contribution in [2.24, 2.45) is 0 Å². The third-order valence-electron chi connectivity index (χ3n) is 3.69. The van der Waals surface area contributed by atoms with Gasteiger partial charge in [0, 0.05) is 13.0 Å². The number of rotatable bonds is 0. The van der Waals surface area contributed by atoms with Crippen molar-refractivity contribution in [3.63, 3.8) is 0 Å². The molecule has 4 nitrogen and oxygen atoms in total. The van der Waals surface area contributed by atoms with E-state index in [2.05, 4.69) is 22.6 Å². The quantitative estimate of drug-likeness (QED) is 0.643. The van der Waals surface area contributed by atoms with Gasteiger partial charge in [-0.25, -0.2) is 4.39 Å². The molecule has 0 aliphatic carbocycles. The maximum atomic E-state index is 13.8. The topological polar surface area (TPSA) is 30.5 Å². The average molecular weight is 274 g/mol. The number of nitrogens with zero attached hydrogens (tertiary/aromatic N) is 2. The van der Waals surface area contributed by atoms with Gasteiger partial charge in [-0.3, -0.25) is 4.90 Å². The first-order valence-corrected chi connectivity index (χ1v) is 7.64. The zero-order chi connectivity index (χ0) is 13.9. The second kappa shape index (κ2) is 10.5. The summed E-state index contributed by atoms with van der Waals surface area (Å²) in [6.45, 7) is 6.90. The monoisotopic (exact) mass is 274 g/mol. The van der Waals surface area contributed by atoms with Crippen molar-refractivity contribution >= 4 is 0 Å². The van der Waals surface area contributed by atoms with Crippen molar-refractivity contribution in [1.82, 2.24) is 20.4 Å². The standard InChI is InChI=1S/C14H31FN4/c1-18-11-4-9-16-7-3-8-17-10-6-14(15)19(2)13-5-12-18/h14,16-17H,3-13H2,1-2H3. The van der Waals surface area contributed by atoms with Crippen LogP contribution in [0.25, 0.3) is 0 Å². The summed E-state index contributed by atoms with van der Waals surface area (Å²) in [4.78, 5) is 4.18. The van der Waals surface area contributed by atoms with Crippen molar-refractivity contribution in [3.8, 4) is 0 Å². The van der Waals surface area contributed by atoms with Crippen molar-refractivity contribution in [1.29, 1.82) is 0 Å². The molecule has 0 radical (unpaired) electrons. The molecule has 0 amide bonds. The summed E-state index contributed by atoms with van der Waals surface area (Å²) in [6.07, 6.45) is 3.10. The Morgan fingerprint density at radius 2 is 1.47 bits per heavy atom. The van der Waals surface area contributed by atoms with Crippen LogP contribution >= 0.6 is 0 Å². The average Bonchev–Trinajstić information content (AvgIpc) is 2.39. The van der Waals surface area contributed by atoms with Gasteiger partial charge in [-0.1, -0.05) is 0 Å². The molecule has 0 bridgehead atoms. The van der Waals surface area contributed by atoms with E-state index in [4.69, 9.17) is 0 Å². The molecule has 2 N–H and O–H groups in total. The van der Waals surface area contributed by atoms with Crippen molar-refractivity contribution in [2.75, 3.05) is 59.9 Å². The van der Waals surface area contributed by atoms with Crippen LogP contribution < -0.4 is 10.6 Å². The van der Waals surface area contributed by atoms with Crippen LogP contribution in [0, 0.1) is 0 Å². The Balaban J connectivity index is 2.28. The zero-order valence-corrected chi connectivity index (χ0v) is 12.6. The van der Waals surface area contributed by atoms with Crippen LogP contribution in [0.15, 0.2) is 0 Å². The normalized spacial score (nSPS) is 28.3. The number of hydrogen-bond acceptors (Lipinski definition) is 4. The second-order valence-corrected chi connectivity index (χ2v) is 5.57. The molecule has 0 saturated carbocycles. The predicted octanol–water partition coefficient (Wildman–Crippen LogP) is 0.899. The zero-order valence-electron chi connectivity index (χ0n) is 12.6. The van der Waals surface area contributed by atoms with Crippen LogP contribution in [0.1, 0.15) is 25.7 Å². The lowest BCUT2D eigenvalue weighted by Crippen LogP contribution is -2.35. The fourth-order valence-electron chi connectivity index (χ4n) is 2.35. The number of halogens is 1. The molecular formula is C14H31FN4. The highest BCUT2D eigenvalue weighted by atomic mass is 19.1. The van der Waals surface area contributed by atoms with Gasteiger partial charge in [0.2, 0.25) is 0 Å². The van der Waals surface area contributed by atoms with Gasteiger partial charge in [-0.05, 0) is 72.6 Å². The van der Waals surface area contributed by atoms with Gasteiger partial charge in [0.05, 0.1) is 0 Å². The third-order valence-corrected chi connectivity index (χ3v) is 3.69. The molecular weight excluding hydrogens is 243 g/mol. The number of alkyl halides is 1. The maximum absolute atomic E-state index is 13.8. The lowest BCUT2D eigenvalue weighted by molar-refractivity contribution is 0.0966. The predicted molar refractivity (Wildman–Crippen MR) is 79.2 cm³/mol. The first-order chi connectivity index (χ1) is 9.20. The lowest BCUT2D eigenvalue weighted by Gasteiger charge is -2.23. The Kier molecular flexibility index (Phi) is 9.34. The highest BCUT2D eigenvalue weighted by molar-refractivity contribution is 4.63. The Bertz CT molecular complexity index is 216. The Morgan fingerprint density at radius 3 is 2.26 bits per heavy atom. The van der Waals surface area contributed by atoms with Crippen LogP contribution in [0.4, 0.5) is 4.39 Å². The SMILES string of the molecule is CN1CCCNCCCNCCC(F)N(C)CCC1. The summed E-state index contributed by atoms with van der Waals surface area (Å²) in [5.74, 6) is 0. The van der Waals surface area contributed by atoms with E-state index in [-0.39, 0.29) is 0 Å². The minimum Gasteiger partial charge on any atom is -0.317 e. The van der Waals surface area contributed by atoms with E-state index >= 15 is 0 Å². The number of nitrogens with one attached hydrogen (secondary N) is 2. The van der Waals surface area contributed by atoms with Crippen LogP contribution in [0.3, 0.4) is 0 Å². The first-order valence-electron chi connectivity index (χ1n) is 7.64. The summed E-state index contributed by atoms with van der Waals surface area (Å²) < 4.78 is 13.8. The van der Waals surface area contributed by atoms with Gasteiger partial charge < -0.3 is 15.5 Å². The van der Waals surface area contributed by atoms with E-state index in [1.807, 2.05) is 11.9 Å². The van der Waals surface area contributed by atoms with E-state index in [0.717, 1.165) is 58.7 Å². The van der Waals surface area contributed by atoms with Crippen LogP contribution in [-0.2, 0) is 0 Å². The second-order valence-electron chi connectivity index (χ2n) is 5.57. The molecule has 1 unspecified atom stereocenters. The molecule has 0 aromatic carbocycles. The van der Waals surface area contributed by atoms with Crippen LogP contribution in [0.5, 0.6) is 0 Å². The molecule has 1 aliphatic rings. The van der Waals surface area contributed by atoms with E-state index in [1.54, 1.807) is 0 Å². The summed E-state index contributed by atoms with van der Waals surface area (Å²) in [5.41, 5.74) is 0. The highest BCUT2D eigenvalue weighted by Gasteiger charge is 2.12. The molecule has 0 aromatic heterocycles. The summed E-state index contributed by atoms with van der Waals surface area (Å²) in [6, 6.07) is 0. The Hall–Kier alpha value is -0.230. The molecule has 1 atom stereocenters. The fraction of sp³-hybridized carbons (Fsp3) is 1.00. The molecule has 0 spiro atoms. The first kappa shape index (κ1) is 16.8. The largest absolute Gasteiger partial charge is 0.317 e. The van der Waals surface area contributed by atoms with Gasteiger partial charge >= 0.3 is 0 Å².